The summed E-state index contributed by atoms with van der Waals surface area (Å²) in [5.41, 5.74) is 1.68. The molecule has 8 nitrogen and oxygen atoms in total. The Balaban J connectivity index is 1.58. The lowest BCUT2D eigenvalue weighted by Gasteiger charge is -2.27. The van der Waals surface area contributed by atoms with Crippen molar-refractivity contribution in [2.75, 3.05) is 20.1 Å². The van der Waals surface area contributed by atoms with Crippen LogP contribution in [-0.2, 0) is 6.42 Å². The van der Waals surface area contributed by atoms with Crippen LogP contribution in [0.3, 0.4) is 0 Å². The topological polar surface area (TPSA) is 85.2 Å². The van der Waals surface area contributed by atoms with E-state index in [1.165, 1.54) is 19.2 Å². The molecule has 4 heterocycles. The summed E-state index contributed by atoms with van der Waals surface area (Å²) in [6.07, 6.45) is 4.74. The lowest BCUT2D eigenvalue weighted by atomic mass is 9.94. The first-order chi connectivity index (χ1) is 12.1. The van der Waals surface area contributed by atoms with Gasteiger partial charge >= 0.3 is 0 Å². The van der Waals surface area contributed by atoms with Gasteiger partial charge in [-0.05, 0) is 50.9 Å². The van der Waals surface area contributed by atoms with Crippen LogP contribution in [0.25, 0.3) is 17.4 Å². The van der Waals surface area contributed by atoms with Crippen LogP contribution in [-0.4, -0.2) is 54.8 Å². The SMILES string of the molecule is CC(C)c1cc(-c2nc(CC3CCN(C)CC3)no2)nc2ncnn12. The van der Waals surface area contributed by atoms with Gasteiger partial charge in [0.2, 0.25) is 0 Å². The number of hydrogen-bond acceptors (Lipinski definition) is 7. The molecule has 132 valence electrons. The zero-order chi connectivity index (χ0) is 17.4. The van der Waals surface area contributed by atoms with Gasteiger partial charge in [-0.2, -0.15) is 15.1 Å². The quantitative estimate of drug-likeness (QED) is 0.719. The summed E-state index contributed by atoms with van der Waals surface area (Å²) < 4.78 is 7.24. The second-order valence-electron chi connectivity index (χ2n) is 7.16. The van der Waals surface area contributed by atoms with Gasteiger partial charge < -0.3 is 9.42 Å². The van der Waals surface area contributed by atoms with Crippen LogP contribution in [0.15, 0.2) is 16.9 Å². The standard InChI is InChI=1S/C17H23N7O/c1-11(2)14-9-13(20-17-18-10-19-24(14)17)16-21-15(22-25-16)8-12-4-6-23(3)7-5-12/h9-12H,4-8H2,1-3H3. The second-order valence-corrected chi connectivity index (χ2v) is 7.16. The van der Waals surface area contributed by atoms with E-state index in [2.05, 4.69) is 51.0 Å². The minimum Gasteiger partial charge on any atom is -0.332 e. The van der Waals surface area contributed by atoms with Gasteiger partial charge in [-0.3, -0.25) is 0 Å². The van der Waals surface area contributed by atoms with Crippen molar-refractivity contribution in [2.45, 2.75) is 39.0 Å². The lowest BCUT2D eigenvalue weighted by Crippen LogP contribution is -2.31. The Labute approximate surface area is 146 Å². The molecule has 1 aliphatic rings. The fourth-order valence-electron chi connectivity index (χ4n) is 3.32. The van der Waals surface area contributed by atoms with E-state index in [4.69, 9.17) is 4.52 Å². The van der Waals surface area contributed by atoms with E-state index in [0.29, 0.717) is 23.3 Å². The van der Waals surface area contributed by atoms with E-state index < -0.39 is 0 Å². The zero-order valence-electron chi connectivity index (χ0n) is 14.9. The lowest BCUT2D eigenvalue weighted by molar-refractivity contribution is 0.216. The Bertz CT molecular complexity index is 861. The molecule has 0 bridgehead atoms. The number of likely N-dealkylation sites (tertiary alicyclic amines) is 1. The van der Waals surface area contributed by atoms with E-state index in [-0.39, 0.29) is 5.92 Å². The van der Waals surface area contributed by atoms with Crippen molar-refractivity contribution in [2.24, 2.45) is 5.92 Å². The van der Waals surface area contributed by atoms with Crippen molar-refractivity contribution in [1.82, 2.24) is 34.6 Å². The fourth-order valence-corrected chi connectivity index (χ4v) is 3.32. The highest BCUT2D eigenvalue weighted by Gasteiger charge is 2.21. The molecule has 0 N–H and O–H groups in total. The molecular formula is C17H23N7O. The molecule has 4 rings (SSSR count). The van der Waals surface area contributed by atoms with Gasteiger partial charge in [-0.25, -0.2) is 9.50 Å². The van der Waals surface area contributed by atoms with E-state index in [1.54, 1.807) is 4.52 Å². The molecule has 25 heavy (non-hydrogen) atoms. The number of aromatic nitrogens is 6. The molecule has 0 saturated carbocycles. The van der Waals surface area contributed by atoms with E-state index in [1.807, 2.05) is 6.07 Å². The van der Waals surface area contributed by atoms with Gasteiger partial charge in [0, 0.05) is 6.42 Å². The summed E-state index contributed by atoms with van der Waals surface area (Å²) in [7, 11) is 2.17. The minimum absolute atomic E-state index is 0.285. The zero-order valence-corrected chi connectivity index (χ0v) is 14.9. The highest BCUT2D eigenvalue weighted by molar-refractivity contribution is 5.51. The van der Waals surface area contributed by atoms with Gasteiger partial charge in [-0.1, -0.05) is 19.0 Å². The summed E-state index contributed by atoms with van der Waals surface area (Å²) in [6, 6.07) is 1.96. The highest BCUT2D eigenvalue weighted by atomic mass is 16.5. The van der Waals surface area contributed by atoms with Crippen molar-refractivity contribution >= 4 is 5.78 Å². The fraction of sp³-hybridized carbons (Fsp3) is 0.588. The van der Waals surface area contributed by atoms with Crippen molar-refractivity contribution in [3.8, 4) is 11.6 Å². The average Bonchev–Trinajstić information content (AvgIpc) is 3.25. The third-order valence-electron chi connectivity index (χ3n) is 4.87. The first-order valence-electron chi connectivity index (χ1n) is 8.82. The van der Waals surface area contributed by atoms with Crippen molar-refractivity contribution in [1.29, 1.82) is 0 Å². The Kier molecular flexibility index (Phi) is 4.20. The summed E-state index contributed by atoms with van der Waals surface area (Å²) in [5, 5.41) is 8.40. The van der Waals surface area contributed by atoms with Crippen LogP contribution in [0.1, 0.15) is 44.1 Å². The van der Waals surface area contributed by atoms with Gasteiger partial charge in [0.1, 0.15) is 12.0 Å². The molecule has 0 aromatic carbocycles. The van der Waals surface area contributed by atoms with Gasteiger partial charge in [0.05, 0.1) is 5.69 Å². The number of piperidine rings is 1. The summed E-state index contributed by atoms with van der Waals surface area (Å²) in [5.74, 6) is 2.68. The Hall–Kier alpha value is -2.35. The van der Waals surface area contributed by atoms with Crippen LogP contribution >= 0.6 is 0 Å². The van der Waals surface area contributed by atoms with Crippen molar-refractivity contribution in [3.63, 3.8) is 0 Å². The molecule has 0 spiro atoms. The van der Waals surface area contributed by atoms with Crippen molar-refractivity contribution < 1.29 is 4.52 Å². The third kappa shape index (κ3) is 3.26. The molecule has 3 aromatic heterocycles. The van der Waals surface area contributed by atoms with Gasteiger partial charge in [0.15, 0.2) is 5.82 Å². The number of fused-ring (bicyclic) bond motifs is 1. The first kappa shape index (κ1) is 16.1. The second kappa shape index (κ2) is 6.51. The van der Waals surface area contributed by atoms with E-state index >= 15 is 0 Å². The van der Waals surface area contributed by atoms with Crippen LogP contribution in [0.5, 0.6) is 0 Å². The Morgan fingerprint density at radius 3 is 2.80 bits per heavy atom. The normalized spacial score (nSPS) is 17.0. The minimum atomic E-state index is 0.285. The number of nitrogens with zero attached hydrogens (tertiary/aromatic N) is 7. The van der Waals surface area contributed by atoms with Crippen molar-refractivity contribution in [3.05, 3.63) is 23.9 Å². The predicted molar refractivity (Wildman–Crippen MR) is 92.1 cm³/mol. The number of hydrogen-bond donors (Lipinski definition) is 0. The predicted octanol–water partition coefficient (Wildman–Crippen LogP) is 2.18. The van der Waals surface area contributed by atoms with Crippen LogP contribution in [0, 0.1) is 5.92 Å². The molecule has 0 amide bonds. The molecule has 1 aliphatic heterocycles. The highest BCUT2D eigenvalue weighted by Crippen LogP contribution is 2.24. The Morgan fingerprint density at radius 2 is 2.04 bits per heavy atom. The molecular weight excluding hydrogens is 318 g/mol. The Morgan fingerprint density at radius 1 is 1.24 bits per heavy atom. The van der Waals surface area contributed by atoms with E-state index in [0.717, 1.165) is 31.0 Å². The number of rotatable bonds is 4. The third-order valence-corrected chi connectivity index (χ3v) is 4.87. The summed E-state index contributed by atoms with van der Waals surface area (Å²) >= 11 is 0. The summed E-state index contributed by atoms with van der Waals surface area (Å²) in [4.78, 5) is 15.6. The van der Waals surface area contributed by atoms with E-state index in [9.17, 15) is 0 Å². The molecule has 0 aliphatic carbocycles. The monoisotopic (exact) mass is 341 g/mol. The maximum Gasteiger partial charge on any atom is 0.276 e. The maximum absolute atomic E-state index is 5.48. The molecule has 0 atom stereocenters. The van der Waals surface area contributed by atoms with Gasteiger partial charge in [-0.15, -0.1) is 0 Å². The maximum atomic E-state index is 5.48. The summed E-state index contributed by atoms with van der Waals surface area (Å²) in [6.45, 7) is 6.50. The smallest absolute Gasteiger partial charge is 0.276 e. The van der Waals surface area contributed by atoms with Gasteiger partial charge in [0.25, 0.3) is 11.7 Å². The van der Waals surface area contributed by atoms with Crippen LogP contribution in [0.4, 0.5) is 0 Å². The molecule has 8 heteroatoms. The largest absolute Gasteiger partial charge is 0.332 e. The first-order valence-corrected chi connectivity index (χ1v) is 8.82. The van der Waals surface area contributed by atoms with Crippen LogP contribution in [0.2, 0.25) is 0 Å². The average molecular weight is 341 g/mol. The van der Waals surface area contributed by atoms with Crippen LogP contribution < -0.4 is 0 Å². The molecule has 1 fully saturated rings. The molecule has 3 aromatic rings. The molecule has 0 unspecified atom stereocenters. The molecule has 1 saturated heterocycles. The molecule has 0 radical (unpaired) electrons.